The van der Waals surface area contributed by atoms with Crippen LogP contribution in [-0.2, 0) is 17.8 Å². The van der Waals surface area contributed by atoms with Crippen molar-refractivity contribution in [3.8, 4) is 17.2 Å². The molecule has 1 amide bonds. The maximum absolute atomic E-state index is 13.0. The minimum Gasteiger partial charge on any atom is -0.496 e. The number of ether oxygens (including phenoxy) is 2. The summed E-state index contributed by atoms with van der Waals surface area (Å²) in [4.78, 5) is 21.2. The second kappa shape index (κ2) is 13.6. The molecule has 0 aliphatic heterocycles. The van der Waals surface area contributed by atoms with Crippen LogP contribution in [0.2, 0.25) is 0 Å². The summed E-state index contributed by atoms with van der Waals surface area (Å²) in [7, 11) is 1.57. The first-order chi connectivity index (χ1) is 16.4. The molecular formula is C27H30FNO5. The van der Waals surface area contributed by atoms with Crippen molar-refractivity contribution >= 4 is 12.4 Å². The first-order valence-corrected chi connectivity index (χ1v) is 11.0. The third-order valence-electron chi connectivity index (χ3n) is 5.22. The Hall–Kier alpha value is -3.87. The summed E-state index contributed by atoms with van der Waals surface area (Å²) in [5.41, 5.74) is 2.61. The van der Waals surface area contributed by atoms with Crippen molar-refractivity contribution < 1.29 is 28.6 Å². The molecule has 0 saturated carbocycles. The van der Waals surface area contributed by atoms with Crippen molar-refractivity contribution in [1.29, 1.82) is 0 Å². The number of benzene rings is 3. The van der Waals surface area contributed by atoms with E-state index in [1.807, 2.05) is 42.5 Å². The lowest BCUT2D eigenvalue weighted by atomic mass is 9.97. The van der Waals surface area contributed by atoms with Crippen LogP contribution in [0, 0.1) is 11.7 Å². The van der Waals surface area contributed by atoms with E-state index in [1.165, 1.54) is 12.1 Å². The summed E-state index contributed by atoms with van der Waals surface area (Å²) in [6, 6.07) is 19.0. The van der Waals surface area contributed by atoms with Gasteiger partial charge in [-0.15, -0.1) is 0 Å². The molecule has 3 aromatic rings. The van der Waals surface area contributed by atoms with Crippen LogP contribution in [0.15, 0.2) is 66.7 Å². The quantitative estimate of drug-likeness (QED) is 0.386. The van der Waals surface area contributed by atoms with E-state index in [2.05, 4.69) is 19.2 Å². The molecule has 0 bridgehead atoms. The highest BCUT2D eigenvalue weighted by Crippen LogP contribution is 2.24. The number of carboxylic acid groups (broad SMARTS) is 1. The molecule has 6 nitrogen and oxygen atoms in total. The zero-order valence-corrected chi connectivity index (χ0v) is 19.6. The molecule has 0 aliphatic carbocycles. The smallest absolute Gasteiger partial charge is 0.290 e. The Morgan fingerprint density at radius 2 is 1.59 bits per heavy atom. The average Bonchev–Trinajstić information content (AvgIpc) is 2.85. The lowest BCUT2D eigenvalue weighted by molar-refractivity contribution is -0.122. The van der Waals surface area contributed by atoms with Gasteiger partial charge in [0.05, 0.1) is 12.7 Å². The number of hydrogen-bond donors (Lipinski definition) is 2. The van der Waals surface area contributed by atoms with Crippen LogP contribution in [-0.4, -0.2) is 24.6 Å². The summed E-state index contributed by atoms with van der Waals surface area (Å²) >= 11 is 0. The minimum atomic E-state index is -0.305. The van der Waals surface area contributed by atoms with Crippen LogP contribution in [0.25, 0.3) is 0 Å². The Labute approximate surface area is 199 Å². The number of methoxy groups -OCH3 is 1. The molecule has 0 aromatic heterocycles. The third kappa shape index (κ3) is 8.24. The van der Waals surface area contributed by atoms with Crippen molar-refractivity contribution in [2.24, 2.45) is 5.92 Å². The van der Waals surface area contributed by atoms with Crippen molar-refractivity contribution in [2.45, 2.75) is 33.2 Å². The van der Waals surface area contributed by atoms with Gasteiger partial charge in [-0.25, -0.2) is 4.39 Å². The number of nitrogens with one attached hydrogen (secondary N) is 1. The van der Waals surface area contributed by atoms with Gasteiger partial charge in [0, 0.05) is 6.54 Å². The fourth-order valence-electron chi connectivity index (χ4n) is 3.20. The average molecular weight is 468 g/mol. The molecular weight excluding hydrogens is 437 g/mol. The SMILES string of the molecule is CCC(C)Cc1ccc(OC)c(C(=O)NCc2ccc(Oc3ccc(F)cc3)cc2)c1.O=CO. The number of hydrogen-bond acceptors (Lipinski definition) is 4. The minimum absolute atomic E-state index is 0.172. The van der Waals surface area contributed by atoms with E-state index in [1.54, 1.807) is 19.2 Å². The molecule has 0 radical (unpaired) electrons. The summed E-state index contributed by atoms with van der Waals surface area (Å²) in [5.74, 6) is 1.84. The molecule has 0 heterocycles. The highest BCUT2D eigenvalue weighted by atomic mass is 19.1. The van der Waals surface area contributed by atoms with Crippen LogP contribution < -0.4 is 14.8 Å². The van der Waals surface area contributed by atoms with Crippen LogP contribution in [0.5, 0.6) is 17.2 Å². The molecule has 3 aromatic carbocycles. The van der Waals surface area contributed by atoms with Crippen molar-refractivity contribution in [3.05, 3.63) is 89.2 Å². The molecule has 1 unspecified atom stereocenters. The molecule has 0 saturated heterocycles. The third-order valence-corrected chi connectivity index (χ3v) is 5.22. The Morgan fingerprint density at radius 3 is 2.15 bits per heavy atom. The van der Waals surface area contributed by atoms with Crippen LogP contribution in [0.3, 0.4) is 0 Å². The van der Waals surface area contributed by atoms with Crippen LogP contribution in [0.4, 0.5) is 4.39 Å². The maximum atomic E-state index is 13.0. The highest BCUT2D eigenvalue weighted by molar-refractivity contribution is 5.97. The number of carbonyl (C=O) groups excluding carboxylic acids is 1. The summed E-state index contributed by atoms with van der Waals surface area (Å²) in [6.45, 7) is 4.50. The molecule has 3 rings (SSSR count). The monoisotopic (exact) mass is 467 g/mol. The Kier molecular flexibility index (Phi) is 10.6. The first-order valence-electron chi connectivity index (χ1n) is 11.0. The second-order valence-electron chi connectivity index (χ2n) is 7.74. The topological polar surface area (TPSA) is 84.9 Å². The van der Waals surface area contributed by atoms with Gasteiger partial charge >= 0.3 is 0 Å². The lowest BCUT2D eigenvalue weighted by Crippen LogP contribution is -2.23. The number of rotatable bonds is 9. The number of amides is 1. The van der Waals surface area contributed by atoms with E-state index < -0.39 is 0 Å². The van der Waals surface area contributed by atoms with Crippen molar-refractivity contribution in [1.82, 2.24) is 5.32 Å². The Balaban J connectivity index is 0.00000129. The molecule has 0 fully saturated rings. The van der Waals surface area contributed by atoms with E-state index >= 15 is 0 Å². The van der Waals surface area contributed by atoms with Crippen LogP contribution >= 0.6 is 0 Å². The first kappa shape index (κ1) is 26.4. The van der Waals surface area contributed by atoms with Gasteiger partial charge in [-0.05, 0) is 72.0 Å². The molecule has 7 heteroatoms. The molecule has 34 heavy (non-hydrogen) atoms. The molecule has 0 aliphatic rings. The van der Waals surface area contributed by atoms with Crippen molar-refractivity contribution in [2.75, 3.05) is 7.11 Å². The Morgan fingerprint density at radius 1 is 1.03 bits per heavy atom. The summed E-state index contributed by atoms with van der Waals surface area (Å²) < 4.78 is 24.1. The normalized spacial score (nSPS) is 10.9. The molecule has 0 spiro atoms. The lowest BCUT2D eigenvalue weighted by Gasteiger charge is -2.13. The predicted molar refractivity (Wildman–Crippen MR) is 129 cm³/mol. The van der Waals surface area contributed by atoms with E-state index in [0.717, 1.165) is 24.0 Å². The number of carbonyl (C=O) groups is 2. The second-order valence-corrected chi connectivity index (χ2v) is 7.74. The van der Waals surface area contributed by atoms with Crippen molar-refractivity contribution in [3.63, 3.8) is 0 Å². The van der Waals surface area contributed by atoms with E-state index in [4.69, 9.17) is 19.4 Å². The molecule has 2 N–H and O–H groups in total. The fourth-order valence-corrected chi connectivity index (χ4v) is 3.20. The van der Waals surface area contributed by atoms with Gasteiger partial charge in [0.15, 0.2) is 0 Å². The van der Waals surface area contributed by atoms with Gasteiger partial charge < -0.3 is 19.9 Å². The molecule has 1 atom stereocenters. The maximum Gasteiger partial charge on any atom is 0.290 e. The van der Waals surface area contributed by atoms with E-state index in [-0.39, 0.29) is 18.2 Å². The van der Waals surface area contributed by atoms with Gasteiger partial charge in [-0.3, -0.25) is 9.59 Å². The van der Waals surface area contributed by atoms with Gasteiger partial charge in [0.2, 0.25) is 0 Å². The largest absolute Gasteiger partial charge is 0.496 e. The van der Waals surface area contributed by atoms with E-state index in [9.17, 15) is 9.18 Å². The highest BCUT2D eigenvalue weighted by Gasteiger charge is 2.14. The zero-order chi connectivity index (χ0) is 24.9. The zero-order valence-electron chi connectivity index (χ0n) is 19.6. The Bertz CT molecular complexity index is 1050. The number of halogens is 1. The fraction of sp³-hybridized carbons (Fsp3) is 0.259. The van der Waals surface area contributed by atoms with Gasteiger partial charge in [-0.2, -0.15) is 0 Å². The van der Waals surface area contributed by atoms with E-state index in [0.29, 0.717) is 35.3 Å². The van der Waals surface area contributed by atoms with Gasteiger partial charge in [0.1, 0.15) is 23.1 Å². The summed E-state index contributed by atoms with van der Waals surface area (Å²) in [5, 5.41) is 9.85. The molecule has 180 valence electrons. The standard InChI is InChI=1S/C26H28FNO3.CH2O2/c1-4-18(2)15-20-7-14-25(30-3)24(16-20)26(29)28-17-19-5-10-22(11-6-19)31-23-12-8-21(27)9-13-23;2-1-3/h5-14,16,18H,4,15,17H2,1-3H3,(H,28,29);1H,(H,2,3). The predicted octanol–water partition coefficient (Wildman–Crippen LogP) is 5.85. The van der Waals surface area contributed by atoms with Crippen LogP contribution in [0.1, 0.15) is 41.8 Å². The van der Waals surface area contributed by atoms with Gasteiger partial charge in [0.25, 0.3) is 12.4 Å². The van der Waals surface area contributed by atoms with Gasteiger partial charge in [-0.1, -0.05) is 38.5 Å². The summed E-state index contributed by atoms with van der Waals surface area (Å²) in [6.07, 6.45) is 2.02.